The standard InChI is InChI=1S/C18H29N3O3S2/c1-15(18(22)19-16-7-4-2-3-5-8-16)20-10-12-21(13-11-20)26(23,24)17-9-6-14-25-17/h6,9,14-16H,2-5,7-8,10-13H2,1H3,(H,19,22)/t15-/m1/s1. The van der Waals surface area contributed by atoms with Crippen LogP contribution in [-0.2, 0) is 14.8 Å². The first-order valence-corrected chi connectivity index (χ1v) is 11.9. The zero-order chi connectivity index (χ0) is 18.6. The summed E-state index contributed by atoms with van der Waals surface area (Å²) in [6.07, 6.45) is 7.07. The highest BCUT2D eigenvalue weighted by Gasteiger charge is 2.32. The molecule has 1 aromatic heterocycles. The molecule has 2 heterocycles. The molecule has 1 aliphatic heterocycles. The summed E-state index contributed by atoms with van der Waals surface area (Å²) in [6.45, 7) is 3.96. The molecule has 26 heavy (non-hydrogen) atoms. The van der Waals surface area contributed by atoms with Gasteiger partial charge in [0, 0.05) is 32.2 Å². The Labute approximate surface area is 160 Å². The number of sulfonamides is 1. The quantitative estimate of drug-likeness (QED) is 0.771. The van der Waals surface area contributed by atoms with Crippen LogP contribution in [0.4, 0.5) is 0 Å². The summed E-state index contributed by atoms with van der Waals surface area (Å²) in [7, 11) is -3.39. The van der Waals surface area contributed by atoms with E-state index in [4.69, 9.17) is 0 Å². The van der Waals surface area contributed by atoms with Crippen molar-refractivity contribution >= 4 is 27.3 Å². The minimum absolute atomic E-state index is 0.0754. The maximum atomic E-state index is 12.6. The number of carbonyl (C=O) groups excluding carboxylic acids is 1. The van der Waals surface area contributed by atoms with Crippen molar-refractivity contribution in [3.05, 3.63) is 17.5 Å². The summed E-state index contributed by atoms with van der Waals surface area (Å²) in [5.41, 5.74) is 0. The van der Waals surface area contributed by atoms with E-state index in [9.17, 15) is 13.2 Å². The van der Waals surface area contributed by atoms with Crippen LogP contribution in [0.5, 0.6) is 0 Å². The highest BCUT2D eigenvalue weighted by molar-refractivity contribution is 7.91. The lowest BCUT2D eigenvalue weighted by molar-refractivity contribution is -0.127. The molecule has 0 bridgehead atoms. The van der Waals surface area contributed by atoms with Gasteiger partial charge >= 0.3 is 0 Å². The number of hydrogen-bond donors (Lipinski definition) is 1. The van der Waals surface area contributed by atoms with Crippen LogP contribution in [0.3, 0.4) is 0 Å². The fourth-order valence-electron chi connectivity index (χ4n) is 3.78. The van der Waals surface area contributed by atoms with Gasteiger partial charge in [-0.05, 0) is 31.2 Å². The van der Waals surface area contributed by atoms with E-state index in [1.54, 1.807) is 17.5 Å². The van der Waals surface area contributed by atoms with Crippen molar-refractivity contribution in [1.29, 1.82) is 0 Å². The first-order valence-electron chi connectivity index (χ1n) is 9.56. The number of carbonyl (C=O) groups is 1. The van der Waals surface area contributed by atoms with Gasteiger partial charge in [-0.1, -0.05) is 31.7 Å². The maximum absolute atomic E-state index is 12.6. The van der Waals surface area contributed by atoms with Gasteiger partial charge in [0.15, 0.2) is 0 Å². The third-order valence-corrected chi connectivity index (χ3v) is 8.76. The molecular formula is C18H29N3O3S2. The van der Waals surface area contributed by atoms with Crippen molar-refractivity contribution in [2.24, 2.45) is 0 Å². The fourth-order valence-corrected chi connectivity index (χ4v) is 6.35. The molecule has 0 spiro atoms. The second-order valence-electron chi connectivity index (χ2n) is 7.25. The van der Waals surface area contributed by atoms with Gasteiger partial charge in [0.2, 0.25) is 5.91 Å². The Bertz CT molecular complexity index is 675. The van der Waals surface area contributed by atoms with Crippen LogP contribution in [0.2, 0.25) is 0 Å². The summed E-state index contributed by atoms with van der Waals surface area (Å²) in [4.78, 5) is 14.7. The summed E-state index contributed by atoms with van der Waals surface area (Å²) in [5, 5.41) is 4.99. The number of thiophene rings is 1. The Balaban J connectivity index is 1.51. The monoisotopic (exact) mass is 399 g/mol. The van der Waals surface area contributed by atoms with Crippen molar-refractivity contribution in [3.8, 4) is 0 Å². The zero-order valence-corrected chi connectivity index (χ0v) is 17.0. The van der Waals surface area contributed by atoms with E-state index in [1.165, 1.54) is 41.3 Å². The predicted octanol–water partition coefficient (Wildman–Crippen LogP) is 2.28. The summed E-state index contributed by atoms with van der Waals surface area (Å²) in [6, 6.07) is 3.49. The van der Waals surface area contributed by atoms with E-state index >= 15 is 0 Å². The van der Waals surface area contributed by atoms with Crippen molar-refractivity contribution in [2.45, 2.75) is 61.7 Å². The Morgan fingerprint density at radius 1 is 1.15 bits per heavy atom. The van der Waals surface area contributed by atoms with Crippen LogP contribution in [0.1, 0.15) is 45.4 Å². The molecule has 1 saturated heterocycles. The van der Waals surface area contributed by atoms with Crippen molar-refractivity contribution in [1.82, 2.24) is 14.5 Å². The molecule has 1 aromatic rings. The minimum atomic E-state index is -3.39. The molecule has 0 unspecified atom stereocenters. The average molecular weight is 400 g/mol. The summed E-state index contributed by atoms with van der Waals surface area (Å²) >= 11 is 1.25. The second-order valence-corrected chi connectivity index (χ2v) is 10.4. The van der Waals surface area contributed by atoms with E-state index in [-0.39, 0.29) is 11.9 Å². The average Bonchev–Trinajstić information content (AvgIpc) is 3.08. The molecule has 1 saturated carbocycles. The topological polar surface area (TPSA) is 69.7 Å². The minimum Gasteiger partial charge on any atom is -0.352 e. The number of piperazine rings is 1. The molecule has 0 aromatic carbocycles. The van der Waals surface area contributed by atoms with Crippen LogP contribution in [0.15, 0.2) is 21.7 Å². The Kier molecular flexibility index (Phi) is 6.71. The van der Waals surface area contributed by atoms with E-state index in [2.05, 4.69) is 10.2 Å². The number of hydrogen-bond acceptors (Lipinski definition) is 5. The molecule has 8 heteroatoms. The van der Waals surface area contributed by atoms with Crippen LogP contribution in [0, 0.1) is 0 Å². The van der Waals surface area contributed by atoms with Gasteiger partial charge in [0.1, 0.15) is 4.21 Å². The Morgan fingerprint density at radius 2 is 1.81 bits per heavy atom. The number of rotatable bonds is 5. The fraction of sp³-hybridized carbons (Fsp3) is 0.722. The largest absolute Gasteiger partial charge is 0.352 e. The second kappa shape index (κ2) is 8.82. The predicted molar refractivity (Wildman–Crippen MR) is 104 cm³/mol. The van der Waals surface area contributed by atoms with Crippen LogP contribution in [-0.4, -0.2) is 61.8 Å². The molecular weight excluding hydrogens is 370 g/mol. The van der Waals surface area contributed by atoms with E-state index in [0.29, 0.717) is 36.4 Å². The number of amides is 1. The first kappa shape index (κ1) is 19.8. The SMILES string of the molecule is C[C@H](C(=O)NC1CCCCCC1)N1CCN(S(=O)(=O)c2cccs2)CC1. The van der Waals surface area contributed by atoms with Gasteiger partial charge < -0.3 is 5.32 Å². The molecule has 2 aliphatic rings. The Morgan fingerprint density at radius 3 is 2.38 bits per heavy atom. The van der Waals surface area contributed by atoms with E-state index < -0.39 is 10.0 Å². The van der Waals surface area contributed by atoms with Gasteiger partial charge in [-0.25, -0.2) is 8.42 Å². The third kappa shape index (κ3) is 4.65. The van der Waals surface area contributed by atoms with Crippen molar-refractivity contribution < 1.29 is 13.2 Å². The van der Waals surface area contributed by atoms with Crippen LogP contribution in [0.25, 0.3) is 0 Å². The van der Waals surface area contributed by atoms with E-state index in [1.807, 2.05) is 6.92 Å². The lowest BCUT2D eigenvalue weighted by atomic mass is 10.1. The van der Waals surface area contributed by atoms with Crippen LogP contribution >= 0.6 is 11.3 Å². The summed E-state index contributed by atoms with van der Waals surface area (Å²) in [5.74, 6) is 0.0754. The highest BCUT2D eigenvalue weighted by Crippen LogP contribution is 2.23. The Hall–Kier alpha value is -0.960. The van der Waals surface area contributed by atoms with Gasteiger partial charge in [-0.15, -0.1) is 11.3 Å². The van der Waals surface area contributed by atoms with Crippen molar-refractivity contribution in [2.75, 3.05) is 26.2 Å². The number of nitrogens with zero attached hydrogens (tertiary/aromatic N) is 2. The molecule has 1 amide bonds. The van der Waals surface area contributed by atoms with Gasteiger partial charge in [-0.3, -0.25) is 9.69 Å². The first-order chi connectivity index (χ1) is 12.5. The molecule has 146 valence electrons. The van der Waals surface area contributed by atoms with Gasteiger partial charge in [0.05, 0.1) is 6.04 Å². The molecule has 1 N–H and O–H groups in total. The molecule has 1 atom stereocenters. The van der Waals surface area contributed by atoms with Crippen molar-refractivity contribution in [3.63, 3.8) is 0 Å². The maximum Gasteiger partial charge on any atom is 0.252 e. The van der Waals surface area contributed by atoms with Gasteiger partial charge in [-0.2, -0.15) is 4.31 Å². The molecule has 3 rings (SSSR count). The number of nitrogens with one attached hydrogen (secondary N) is 1. The summed E-state index contributed by atoms with van der Waals surface area (Å²) < 4.78 is 27.1. The molecule has 6 nitrogen and oxygen atoms in total. The zero-order valence-electron chi connectivity index (χ0n) is 15.4. The molecule has 1 aliphatic carbocycles. The normalized spacial score (nSPS) is 22.7. The highest BCUT2D eigenvalue weighted by atomic mass is 32.2. The third-order valence-electron chi connectivity index (χ3n) is 5.49. The van der Waals surface area contributed by atoms with Gasteiger partial charge in [0.25, 0.3) is 10.0 Å². The molecule has 0 radical (unpaired) electrons. The smallest absolute Gasteiger partial charge is 0.252 e. The molecule has 2 fully saturated rings. The lowest BCUT2D eigenvalue weighted by Crippen LogP contribution is -2.55. The van der Waals surface area contributed by atoms with Crippen LogP contribution < -0.4 is 5.32 Å². The van der Waals surface area contributed by atoms with E-state index in [0.717, 1.165) is 12.8 Å². The lowest BCUT2D eigenvalue weighted by Gasteiger charge is -2.37.